The lowest BCUT2D eigenvalue weighted by Crippen LogP contribution is -2.36. The molecule has 0 saturated heterocycles. The highest BCUT2D eigenvalue weighted by molar-refractivity contribution is 7.98. The maximum Gasteiger partial charge on any atom is 0.248 e. The monoisotopic (exact) mass is 581 g/mol. The number of ether oxygens (including phenoxy) is 3. The molecule has 0 aliphatic heterocycles. The van der Waals surface area contributed by atoms with E-state index in [0.717, 1.165) is 11.1 Å². The number of hydrogen-bond donors (Lipinski definition) is 4. The van der Waals surface area contributed by atoms with Gasteiger partial charge in [-0.3, -0.25) is 19.5 Å². The number of aromatic amines is 1. The highest BCUT2D eigenvalue weighted by Crippen LogP contribution is 2.50. The molecule has 12 heteroatoms. The summed E-state index contributed by atoms with van der Waals surface area (Å²) in [6.07, 6.45) is 5.13. The second kappa shape index (κ2) is 13.4. The van der Waals surface area contributed by atoms with Crippen LogP contribution in [0.3, 0.4) is 0 Å². The van der Waals surface area contributed by atoms with Crippen molar-refractivity contribution in [3.63, 3.8) is 0 Å². The number of benzene rings is 1. The van der Waals surface area contributed by atoms with Crippen LogP contribution in [0.1, 0.15) is 36.9 Å². The van der Waals surface area contributed by atoms with Gasteiger partial charge in [0.15, 0.2) is 11.5 Å². The normalized spacial score (nSPS) is 14.5. The topological polar surface area (TPSA) is 144 Å². The second-order valence-electron chi connectivity index (χ2n) is 9.53. The van der Waals surface area contributed by atoms with E-state index < -0.39 is 12.1 Å². The summed E-state index contributed by atoms with van der Waals surface area (Å²) in [5.41, 5.74) is 2.98. The number of thioether (sulfide) groups is 1. The number of nitrogens with zero attached hydrogens (tertiary/aromatic N) is 1. The number of nitrogens with one attached hydrogen (secondary N) is 4. The molecule has 4 N–H and O–H groups in total. The molecular formula is C29H35N5O6S. The summed E-state index contributed by atoms with van der Waals surface area (Å²) in [5.74, 6) is 2.08. The summed E-state index contributed by atoms with van der Waals surface area (Å²) in [6.45, 7) is 1.45. The van der Waals surface area contributed by atoms with Crippen LogP contribution in [0.5, 0.6) is 17.2 Å². The average Bonchev–Trinajstić information content (AvgIpc) is 3.36. The first-order chi connectivity index (χ1) is 19.8. The van der Waals surface area contributed by atoms with E-state index in [0.29, 0.717) is 59.2 Å². The van der Waals surface area contributed by atoms with Gasteiger partial charge in [0.25, 0.3) is 0 Å². The van der Waals surface area contributed by atoms with Gasteiger partial charge in [-0.1, -0.05) is 6.07 Å². The van der Waals surface area contributed by atoms with E-state index in [1.54, 1.807) is 44.3 Å². The van der Waals surface area contributed by atoms with E-state index in [2.05, 4.69) is 26.1 Å². The van der Waals surface area contributed by atoms with Crippen molar-refractivity contribution in [3.05, 3.63) is 57.9 Å². The Morgan fingerprint density at radius 3 is 2.54 bits per heavy atom. The zero-order valence-electron chi connectivity index (χ0n) is 23.8. The Bertz CT molecular complexity index is 1460. The number of aryl methyl sites for hydroxylation is 1. The minimum atomic E-state index is -0.682. The molecule has 0 fully saturated rings. The molecule has 41 heavy (non-hydrogen) atoms. The number of amides is 2. The fourth-order valence-electron chi connectivity index (χ4n) is 5.06. The maximum atomic E-state index is 13.7. The summed E-state index contributed by atoms with van der Waals surface area (Å²) in [6, 6.07) is 7.47. The number of carbonyl (C=O) groups excluding carboxylic acids is 2. The molecule has 4 rings (SSSR count). The summed E-state index contributed by atoms with van der Waals surface area (Å²) in [4.78, 5) is 39.0. The van der Waals surface area contributed by atoms with Crippen LogP contribution >= 0.6 is 11.8 Å². The molecule has 1 aliphatic carbocycles. The lowest BCUT2D eigenvalue weighted by Gasteiger charge is -2.19. The van der Waals surface area contributed by atoms with Crippen LogP contribution in [0.2, 0.25) is 0 Å². The van der Waals surface area contributed by atoms with Gasteiger partial charge in [-0.2, -0.15) is 16.9 Å². The first-order valence-electron chi connectivity index (χ1n) is 13.1. The van der Waals surface area contributed by atoms with Crippen LogP contribution in [0.15, 0.2) is 41.3 Å². The highest BCUT2D eigenvalue weighted by Gasteiger charge is 2.30. The largest absolute Gasteiger partial charge is 0.493 e. The van der Waals surface area contributed by atoms with Crippen molar-refractivity contribution in [1.29, 1.82) is 0 Å². The highest BCUT2D eigenvalue weighted by atomic mass is 32.2. The van der Waals surface area contributed by atoms with E-state index in [1.807, 2.05) is 18.4 Å². The Labute approximate surface area is 242 Å². The SMILES string of the molecule is COc1cc2c(c(OC)c1OC)-c1ccc(NC(CCSC)C(=O)Nc3ccn[nH]3)c(=O)cc1C(NC(C)=O)CC2. The number of H-pyrrole nitrogens is 1. The Morgan fingerprint density at radius 2 is 1.90 bits per heavy atom. The van der Waals surface area contributed by atoms with Crippen molar-refractivity contribution in [3.8, 4) is 28.4 Å². The van der Waals surface area contributed by atoms with Gasteiger partial charge in [-0.05, 0) is 66.2 Å². The van der Waals surface area contributed by atoms with E-state index in [9.17, 15) is 14.4 Å². The molecule has 1 aliphatic rings. The fourth-order valence-corrected chi connectivity index (χ4v) is 5.54. The molecule has 0 saturated carbocycles. The number of anilines is 2. The molecule has 2 unspecified atom stereocenters. The van der Waals surface area contributed by atoms with Crippen LogP contribution < -0.4 is 35.6 Å². The Kier molecular flexibility index (Phi) is 9.77. The standard InChI is InChI=1S/C29H35N5O6S/c1-16(35)31-20-8-6-17-14-24(38-2)27(39-3)28(40-4)26(17)18-7-9-21(23(36)15-19(18)20)32-22(11-13-41-5)29(37)33-25-10-12-30-34-25/h7,9-10,12,14-15,20,22H,6,8,11,13H2,1-5H3,(H,31,35)(H,32,36)(H2,30,33,34,37). The Hall–Kier alpha value is -4.19. The van der Waals surface area contributed by atoms with E-state index in [1.165, 1.54) is 20.1 Å². The lowest BCUT2D eigenvalue weighted by molar-refractivity contribution is -0.120. The number of carbonyl (C=O) groups is 2. The fraction of sp³-hybridized carbons (Fsp3) is 0.379. The van der Waals surface area contributed by atoms with E-state index in [4.69, 9.17) is 14.2 Å². The van der Waals surface area contributed by atoms with Gasteiger partial charge in [0, 0.05) is 18.6 Å². The predicted molar refractivity (Wildman–Crippen MR) is 160 cm³/mol. The third kappa shape index (κ3) is 6.59. The van der Waals surface area contributed by atoms with Gasteiger partial charge in [0.2, 0.25) is 23.0 Å². The Balaban J connectivity index is 1.86. The summed E-state index contributed by atoms with van der Waals surface area (Å²) in [5, 5.41) is 15.6. The molecule has 2 atom stereocenters. The summed E-state index contributed by atoms with van der Waals surface area (Å²) < 4.78 is 17.1. The molecule has 1 heterocycles. The van der Waals surface area contributed by atoms with Gasteiger partial charge in [-0.25, -0.2) is 0 Å². The molecule has 0 radical (unpaired) electrons. The average molecular weight is 582 g/mol. The molecule has 2 aromatic carbocycles. The predicted octanol–water partition coefficient (Wildman–Crippen LogP) is 3.76. The molecule has 0 spiro atoms. The number of fused-ring (bicyclic) bond motifs is 3. The van der Waals surface area contributed by atoms with Crippen LogP contribution in [0, 0.1) is 0 Å². The van der Waals surface area contributed by atoms with Crippen LogP contribution in [-0.2, 0) is 16.0 Å². The van der Waals surface area contributed by atoms with Crippen LogP contribution in [-0.4, -0.2) is 61.4 Å². The molecule has 3 aromatic rings. The van der Waals surface area contributed by atoms with Gasteiger partial charge in [0.1, 0.15) is 11.9 Å². The quantitative estimate of drug-likeness (QED) is 0.266. The maximum absolute atomic E-state index is 13.7. The summed E-state index contributed by atoms with van der Waals surface area (Å²) in [7, 11) is 4.65. The number of methoxy groups -OCH3 is 3. The number of aromatic nitrogens is 2. The van der Waals surface area contributed by atoms with Crippen LogP contribution in [0.25, 0.3) is 11.1 Å². The molecule has 2 amide bonds. The summed E-state index contributed by atoms with van der Waals surface area (Å²) >= 11 is 1.61. The zero-order valence-corrected chi connectivity index (χ0v) is 24.6. The van der Waals surface area contributed by atoms with Gasteiger partial charge < -0.3 is 30.2 Å². The van der Waals surface area contributed by atoms with Crippen molar-refractivity contribution in [1.82, 2.24) is 15.5 Å². The van der Waals surface area contributed by atoms with E-state index >= 15 is 0 Å². The molecule has 11 nitrogen and oxygen atoms in total. The first kappa shape index (κ1) is 29.8. The van der Waals surface area contributed by atoms with Crippen molar-refractivity contribution in [2.75, 3.05) is 44.0 Å². The van der Waals surface area contributed by atoms with Gasteiger partial charge in [0.05, 0.1) is 39.3 Å². The smallest absolute Gasteiger partial charge is 0.248 e. The molecule has 0 bridgehead atoms. The molecule has 1 aromatic heterocycles. The first-order valence-corrected chi connectivity index (χ1v) is 14.5. The zero-order chi connectivity index (χ0) is 29.5. The minimum Gasteiger partial charge on any atom is -0.493 e. The van der Waals surface area contributed by atoms with Gasteiger partial charge in [-0.15, -0.1) is 0 Å². The van der Waals surface area contributed by atoms with Gasteiger partial charge >= 0.3 is 0 Å². The van der Waals surface area contributed by atoms with Crippen molar-refractivity contribution < 1.29 is 23.8 Å². The lowest BCUT2D eigenvalue weighted by atomic mass is 9.95. The number of rotatable bonds is 11. The second-order valence-corrected chi connectivity index (χ2v) is 10.5. The molecular weight excluding hydrogens is 546 g/mol. The van der Waals surface area contributed by atoms with Crippen molar-refractivity contribution in [2.24, 2.45) is 0 Å². The third-order valence-electron chi connectivity index (χ3n) is 6.93. The van der Waals surface area contributed by atoms with Crippen molar-refractivity contribution in [2.45, 2.75) is 38.3 Å². The third-order valence-corrected chi connectivity index (χ3v) is 7.58. The van der Waals surface area contributed by atoms with E-state index in [-0.39, 0.29) is 22.9 Å². The van der Waals surface area contributed by atoms with Crippen LogP contribution in [0.4, 0.5) is 11.5 Å². The van der Waals surface area contributed by atoms with Crippen molar-refractivity contribution >= 4 is 35.1 Å². The Morgan fingerprint density at radius 1 is 1.12 bits per heavy atom. The number of hydrogen-bond acceptors (Lipinski definition) is 9. The minimum absolute atomic E-state index is 0.209. The molecule has 218 valence electrons.